The van der Waals surface area contributed by atoms with E-state index in [-0.39, 0.29) is 11.8 Å². The van der Waals surface area contributed by atoms with Crippen LogP contribution in [0.15, 0.2) is 28.9 Å². The number of carbonyl (C=O) groups excluding carboxylic acids is 1. The molecule has 0 radical (unpaired) electrons. The summed E-state index contributed by atoms with van der Waals surface area (Å²) in [4.78, 5) is 15.7. The number of aromatic amines is 1. The number of H-pyrrole nitrogens is 1. The normalized spacial score (nSPS) is 20.2. The molecule has 1 unspecified atom stereocenters. The maximum atomic E-state index is 12.5. The fraction of sp³-hybridized carbons (Fsp3) is 0.357. The number of halogens is 1. The van der Waals surface area contributed by atoms with Gasteiger partial charge in [-0.15, -0.1) is 0 Å². The minimum Gasteiger partial charge on any atom is -0.360 e. The number of carbonyl (C=O) groups is 1. The van der Waals surface area contributed by atoms with Gasteiger partial charge >= 0.3 is 0 Å². The van der Waals surface area contributed by atoms with Crippen LogP contribution in [0.4, 0.5) is 0 Å². The lowest BCUT2D eigenvalue weighted by molar-refractivity contribution is 0.0929. The van der Waals surface area contributed by atoms with Crippen LogP contribution in [0.5, 0.6) is 0 Å². The van der Waals surface area contributed by atoms with Crippen molar-refractivity contribution in [3.05, 3.63) is 34.4 Å². The zero-order valence-corrected chi connectivity index (χ0v) is 11.6. The molecule has 0 saturated carbocycles. The monoisotopic (exact) mass is 306 g/mol. The van der Waals surface area contributed by atoms with Crippen molar-refractivity contribution in [2.24, 2.45) is 0 Å². The highest BCUT2D eigenvalue weighted by Crippen LogP contribution is 2.28. The van der Waals surface area contributed by atoms with E-state index in [2.05, 4.69) is 26.2 Å². The van der Waals surface area contributed by atoms with Crippen LogP contribution in [0, 0.1) is 0 Å². The lowest BCUT2D eigenvalue weighted by atomic mass is 9.96. The van der Waals surface area contributed by atoms with Gasteiger partial charge in [-0.1, -0.05) is 28.4 Å². The van der Waals surface area contributed by atoms with Crippen LogP contribution in [0.25, 0.3) is 10.9 Å². The highest BCUT2D eigenvalue weighted by molar-refractivity contribution is 9.10. The fourth-order valence-electron chi connectivity index (χ4n) is 2.60. The van der Waals surface area contributed by atoms with E-state index in [0.717, 1.165) is 40.3 Å². The van der Waals surface area contributed by atoms with Crippen molar-refractivity contribution in [1.29, 1.82) is 0 Å². The van der Waals surface area contributed by atoms with E-state index in [0.29, 0.717) is 0 Å². The first-order chi connectivity index (χ1) is 8.77. The summed E-state index contributed by atoms with van der Waals surface area (Å²) in [6.45, 7) is 0.944. The summed E-state index contributed by atoms with van der Waals surface area (Å²) in [5, 5.41) is 4.31. The SMILES string of the molecule is O=C(c1c[nH]c2cccc(Br)c12)C1CCCCN1. The first-order valence-electron chi connectivity index (χ1n) is 6.30. The predicted molar refractivity (Wildman–Crippen MR) is 76.0 cm³/mol. The van der Waals surface area contributed by atoms with Gasteiger partial charge in [-0.05, 0) is 31.5 Å². The largest absolute Gasteiger partial charge is 0.360 e. The second kappa shape index (κ2) is 4.86. The maximum absolute atomic E-state index is 12.5. The van der Waals surface area contributed by atoms with Crippen molar-refractivity contribution in [2.75, 3.05) is 6.54 Å². The van der Waals surface area contributed by atoms with Gasteiger partial charge < -0.3 is 10.3 Å². The van der Waals surface area contributed by atoms with Crippen LogP contribution in [-0.2, 0) is 0 Å². The molecule has 2 aromatic rings. The lowest BCUT2D eigenvalue weighted by Gasteiger charge is -2.21. The van der Waals surface area contributed by atoms with E-state index >= 15 is 0 Å². The van der Waals surface area contributed by atoms with Gasteiger partial charge in [0.15, 0.2) is 5.78 Å². The molecule has 1 aliphatic heterocycles. The van der Waals surface area contributed by atoms with Gasteiger partial charge in [0.1, 0.15) is 0 Å². The van der Waals surface area contributed by atoms with Crippen molar-refractivity contribution in [2.45, 2.75) is 25.3 Å². The van der Waals surface area contributed by atoms with Gasteiger partial charge in [0.25, 0.3) is 0 Å². The molecule has 0 aliphatic carbocycles. The summed E-state index contributed by atoms with van der Waals surface area (Å²) in [5.74, 6) is 0.202. The van der Waals surface area contributed by atoms with Crippen LogP contribution in [0.3, 0.4) is 0 Å². The topological polar surface area (TPSA) is 44.9 Å². The summed E-state index contributed by atoms with van der Waals surface area (Å²) >= 11 is 3.53. The minimum absolute atomic E-state index is 0.0233. The molecule has 4 heteroatoms. The fourth-order valence-corrected chi connectivity index (χ4v) is 3.18. The number of hydrogen-bond donors (Lipinski definition) is 2. The van der Waals surface area contributed by atoms with E-state index in [4.69, 9.17) is 0 Å². The van der Waals surface area contributed by atoms with Crippen LogP contribution >= 0.6 is 15.9 Å². The molecule has 3 nitrogen and oxygen atoms in total. The maximum Gasteiger partial charge on any atom is 0.181 e. The van der Waals surface area contributed by atoms with Gasteiger partial charge in [0.05, 0.1) is 6.04 Å². The van der Waals surface area contributed by atoms with E-state index in [1.807, 2.05) is 24.4 Å². The minimum atomic E-state index is -0.0233. The molecule has 0 amide bonds. The third kappa shape index (κ3) is 1.99. The Morgan fingerprint density at radius 2 is 2.22 bits per heavy atom. The molecule has 1 aromatic heterocycles. The predicted octanol–water partition coefficient (Wildman–Crippen LogP) is 3.26. The van der Waals surface area contributed by atoms with E-state index in [1.165, 1.54) is 6.42 Å². The lowest BCUT2D eigenvalue weighted by Crippen LogP contribution is -2.40. The highest BCUT2D eigenvalue weighted by Gasteiger charge is 2.24. The van der Waals surface area contributed by atoms with Gasteiger partial charge in [0.2, 0.25) is 0 Å². The molecule has 2 N–H and O–H groups in total. The van der Waals surface area contributed by atoms with Gasteiger partial charge in [-0.2, -0.15) is 0 Å². The smallest absolute Gasteiger partial charge is 0.181 e. The Balaban J connectivity index is 2.01. The van der Waals surface area contributed by atoms with E-state index in [1.54, 1.807) is 0 Å². The first-order valence-corrected chi connectivity index (χ1v) is 7.10. The first kappa shape index (κ1) is 11.9. The Kier molecular flexibility index (Phi) is 3.22. The molecule has 1 fully saturated rings. The Bertz CT molecular complexity index is 584. The molecular weight excluding hydrogens is 292 g/mol. The molecular formula is C14H15BrN2O. The van der Waals surface area contributed by atoms with Crippen LogP contribution in [-0.4, -0.2) is 23.4 Å². The Hall–Kier alpha value is -1.13. The van der Waals surface area contributed by atoms with Crippen molar-refractivity contribution < 1.29 is 4.79 Å². The number of fused-ring (bicyclic) bond motifs is 1. The van der Waals surface area contributed by atoms with Crippen LogP contribution < -0.4 is 5.32 Å². The number of benzene rings is 1. The summed E-state index contributed by atoms with van der Waals surface area (Å²) in [6.07, 6.45) is 5.07. The molecule has 3 rings (SSSR count). The standard InChI is InChI=1S/C14H15BrN2O/c15-10-4-3-6-11-13(10)9(8-17-11)14(18)12-5-1-2-7-16-12/h3-4,6,8,12,16-17H,1-2,5,7H2. The molecule has 2 heterocycles. The van der Waals surface area contributed by atoms with Crippen molar-refractivity contribution >= 4 is 32.6 Å². The molecule has 94 valence electrons. The Morgan fingerprint density at radius 3 is 3.00 bits per heavy atom. The zero-order chi connectivity index (χ0) is 12.5. The van der Waals surface area contributed by atoms with Crippen LogP contribution in [0.2, 0.25) is 0 Å². The molecule has 1 aromatic carbocycles. The average Bonchev–Trinajstić information content (AvgIpc) is 2.84. The summed E-state index contributed by atoms with van der Waals surface area (Å²) in [6, 6.07) is 5.91. The quantitative estimate of drug-likeness (QED) is 0.837. The zero-order valence-electron chi connectivity index (χ0n) is 10.0. The van der Waals surface area contributed by atoms with Crippen molar-refractivity contribution in [3.8, 4) is 0 Å². The molecule has 0 bridgehead atoms. The third-order valence-corrected chi connectivity index (χ3v) is 4.21. The molecule has 0 spiro atoms. The number of Topliss-reactive ketones (excluding diaryl/α,β-unsaturated/α-hetero) is 1. The number of aromatic nitrogens is 1. The number of nitrogens with one attached hydrogen (secondary N) is 2. The van der Waals surface area contributed by atoms with Gasteiger partial charge in [-0.3, -0.25) is 4.79 Å². The van der Waals surface area contributed by atoms with Crippen LogP contribution in [0.1, 0.15) is 29.6 Å². The number of hydrogen-bond acceptors (Lipinski definition) is 2. The van der Waals surface area contributed by atoms with Crippen molar-refractivity contribution in [1.82, 2.24) is 10.3 Å². The Labute approximate surface area is 114 Å². The second-order valence-electron chi connectivity index (χ2n) is 4.73. The van der Waals surface area contributed by atoms with E-state index < -0.39 is 0 Å². The molecule has 1 atom stereocenters. The van der Waals surface area contributed by atoms with Crippen molar-refractivity contribution in [3.63, 3.8) is 0 Å². The molecule has 18 heavy (non-hydrogen) atoms. The van der Waals surface area contributed by atoms with Gasteiger partial charge in [0, 0.05) is 27.1 Å². The average molecular weight is 307 g/mol. The number of piperidine rings is 1. The third-order valence-electron chi connectivity index (χ3n) is 3.55. The van der Waals surface area contributed by atoms with Gasteiger partial charge in [-0.25, -0.2) is 0 Å². The highest BCUT2D eigenvalue weighted by atomic mass is 79.9. The summed E-state index contributed by atoms with van der Waals surface area (Å²) in [7, 11) is 0. The Morgan fingerprint density at radius 1 is 1.33 bits per heavy atom. The van der Waals surface area contributed by atoms with E-state index in [9.17, 15) is 4.79 Å². The molecule has 1 saturated heterocycles. The number of ketones is 1. The second-order valence-corrected chi connectivity index (χ2v) is 5.59. The number of rotatable bonds is 2. The summed E-state index contributed by atoms with van der Waals surface area (Å²) in [5.41, 5.74) is 1.79. The summed E-state index contributed by atoms with van der Waals surface area (Å²) < 4.78 is 0.973. The molecule has 1 aliphatic rings.